The molecule has 0 radical (unpaired) electrons. The van der Waals surface area contributed by atoms with Crippen LogP contribution in [-0.2, 0) is 6.54 Å². The Kier molecular flexibility index (Phi) is 5.10. The Morgan fingerprint density at radius 3 is 2.80 bits per heavy atom. The molecular weight excluding hydrogens is 244 g/mol. The van der Waals surface area contributed by atoms with Crippen LogP contribution in [0.4, 0.5) is 0 Å². The highest BCUT2D eigenvalue weighted by Crippen LogP contribution is 2.27. The molecule has 0 saturated heterocycles. The summed E-state index contributed by atoms with van der Waals surface area (Å²) in [6.45, 7) is 3.33. The van der Waals surface area contributed by atoms with Gasteiger partial charge in [0.05, 0.1) is 0 Å². The SMILES string of the molecule is c1ccc2c(c1)CNCCC2NCCC1CCCCC1. The molecule has 2 heteroatoms. The minimum absolute atomic E-state index is 0.546. The minimum atomic E-state index is 0.546. The van der Waals surface area contributed by atoms with Crippen LogP contribution in [-0.4, -0.2) is 13.1 Å². The summed E-state index contributed by atoms with van der Waals surface area (Å²) in [6, 6.07) is 9.46. The first-order chi connectivity index (χ1) is 9.93. The molecule has 2 nitrogen and oxygen atoms in total. The van der Waals surface area contributed by atoms with Crippen molar-refractivity contribution < 1.29 is 0 Å². The van der Waals surface area contributed by atoms with Gasteiger partial charge in [-0.15, -0.1) is 0 Å². The molecule has 1 atom stereocenters. The number of benzene rings is 1. The number of hydrogen-bond donors (Lipinski definition) is 2. The van der Waals surface area contributed by atoms with E-state index in [1.54, 1.807) is 0 Å². The summed E-state index contributed by atoms with van der Waals surface area (Å²) in [7, 11) is 0. The molecule has 1 aliphatic carbocycles. The molecule has 110 valence electrons. The summed E-state index contributed by atoms with van der Waals surface area (Å²) in [6.07, 6.45) is 9.88. The molecule has 1 aliphatic heterocycles. The zero-order valence-corrected chi connectivity index (χ0v) is 12.5. The molecule has 2 N–H and O–H groups in total. The quantitative estimate of drug-likeness (QED) is 0.871. The summed E-state index contributed by atoms with van der Waals surface area (Å²) in [5, 5.41) is 7.36. The maximum atomic E-state index is 3.83. The molecule has 1 fully saturated rings. The third kappa shape index (κ3) is 3.62. The van der Waals surface area contributed by atoms with Crippen LogP contribution in [0.3, 0.4) is 0 Å². The molecule has 20 heavy (non-hydrogen) atoms. The normalized spacial score (nSPS) is 24.1. The van der Waals surface area contributed by atoms with Crippen molar-refractivity contribution in [2.45, 2.75) is 57.5 Å². The van der Waals surface area contributed by atoms with E-state index < -0.39 is 0 Å². The Morgan fingerprint density at radius 2 is 1.90 bits per heavy atom. The highest BCUT2D eigenvalue weighted by atomic mass is 14.9. The van der Waals surface area contributed by atoms with E-state index in [4.69, 9.17) is 0 Å². The van der Waals surface area contributed by atoms with Crippen LogP contribution in [0, 0.1) is 5.92 Å². The predicted octanol–water partition coefficient (Wildman–Crippen LogP) is 3.78. The van der Waals surface area contributed by atoms with E-state index in [-0.39, 0.29) is 0 Å². The monoisotopic (exact) mass is 272 g/mol. The highest BCUT2D eigenvalue weighted by molar-refractivity contribution is 5.30. The van der Waals surface area contributed by atoms with Crippen LogP contribution in [0.15, 0.2) is 24.3 Å². The fourth-order valence-corrected chi connectivity index (χ4v) is 3.81. The molecule has 0 spiro atoms. The molecule has 1 unspecified atom stereocenters. The Morgan fingerprint density at radius 1 is 1.05 bits per heavy atom. The lowest BCUT2D eigenvalue weighted by Gasteiger charge is -2.24. The van der Waals surface area contributed by atoms with E-state index >= 15 is 0 Å². The predicted molar refractivity (Wildman–Crippen MR) is 84.7 cm³/mol. The standard InChI is InChI=1S/C18H28N2/c1-2-6-15(7-3-1)10-13-20-18-11-12-19-14-16-8-4-5-9-17(16)18/h4-5,8-9,15,18-20H,1-3,6-7,10-14H2. The largest absolute Gasteiger partial charge is 0.313 e. The lowest BCUT2D eigenvalue weighted by molar-refractivity contribution is 0.326. The molecule has 3 rings (SSSR count). The molecule has 2 aliphatic rings. The van der Waals surface area contributed by atoms with Gasteiger partial charge in [0.1, 0.15) is 0 Å². The maximum absolute atomic E-state index is 3.83. The van der Waals surface area contributed by atoms with Crippen LogP contribution in [0.2, 0.25) is 0 Å². The third-order valence-electron chi connectivity index (χ3n) is 5.02. The van der Waals surface area contributed by atoms with Gasteiger partial charge in [0.25, 0.3) is 0 Å². The van der Waals surface area contributed by atoms with Gasteiger partial charge in [-0.2, -0.15) is 0 Å². The van der Waals surface area contributed by atoms with Gasteiger partial charge in [-0.05, 0) is 43.0 Å². The van der Waals surface area contributed by atoms with Crippen LogP contribution in [0.1, 0.15) is 62.1 Å². The second kappa shape index (κ2) is 7.24. The molecule has 1 heterocycles. The smallest absolute Gasteiger partial charge is 0.0335 e. The first kappa shape index (κ1) is 14.1. The summed E-state index contributed by atoms with van der Waals surface area (Å²) in [4.78, 5) is 0. The molecular formula is C18H28N2. The van der Waals surface area contributed by atoms with Gasteiger partial charge in [-0.25, -0.2) is 0 Å². The zero-order valence-electron chi connectivity index (χ0n) is 12.5. The topological polar surface area (TPSA) is 24.1 Å². The second-order valence-corrected chi connectivity index (χ2v) is 6.46. The molecule has 0 bridgehead atoms. The summed E-state index contributed by atoms with van der Waals surface area (Å²) in [5.41, 5.74) is 2.99. The van der Waals surface area contributed by atoms with Gasteiger partial charge in [-0.3, -0.25) is 0 Å². The van der Waals surface area contributed by atoms with Crippen molar-refractivity contribution in [1.29, 1.82) is 0 Å². The van der Waals surface area contributed by atoms with Crippen LogP contribution in [0.5, 0.6) is 0 Å². The van der Waals surface area contributed by atoms with Crippen molar-refractivity contribution in [3.05, 3.63) is 35.4 Å². The third-order valence-corrected chi connectivity index (χ3v) is 5.02. The fourth-order valence-electron chi connectivity index (χ4n) is 3.81. The Labute approximate surface area is 123 Å². The average molecular weight is 272 g/mol. The van der Waals surface area contributed by atoms with E-state index in [1.807, 2.05) is 0 Å². The van der Waals surface area contributed by atoms with Crippen molar-refractivity contribution >= 4 is 0 Å². The van der Waals surface area contributed by atoms with E-state index in [1.165, 1.54) is 62.6 Å². The lowest BCUT2D eigenvalue weighted by Crippen LogP contribution is -2.26. The first-order valence-corrected chi connectivity index (χ1v) is 8.45. The number of rotatable bonds is 4. The van der Waals surface area contributed by atoms with Gasteiger partial charge in [0.15, 0.2) is 0 Å². The fraction of sp³-hybridized carbons (Fsp3) is 0.667. The van der Waals surface area contributed by atoms with Gasteiger partial charge in [0.2, 0.25) is 0 Å². The van der Waals surface area contributed by atoms with Gasteiger partial charge in [-0.1, -0.05) is 56.4 Å². The van der Waals surface area contributed by atoms with Crippen LogP contribution >= 0.6 is 0 Å². The Bertz CT molecular complexity index is 410. The highest BCUT2D eigenvalue weighted by Gasteiger charge is 2.18. The van der Waals surface area contributed by atoms with Gasteiger partial charge < -0.3 is 10.6 Å². The van der Waals surface area contributed by atoms with Crippen molar-refractivity contribution in [1.82, 2.24) is 10.6 Å². The number of nitrogens with one attached hydrogen (secondary N) is 2. The summed E-state index contributed by atoms with van der Waals surface area (Å²) < 4.78 is 0. The second-order valence-electron chi connectivity index (χ2n) is 6.46. The van der Waals surface area contributed by atoms with Crippen LogP contribution in [0.25, 0.3) is 0 Å². The molecule has 0 amide bonds. The number of hydrogen-bond acceptors (Lipinski definition) is 2. The average Bonchev–Trinajstić information content (AvgIpc) is 2.71. The van der Waals surface area contributed by atoms with E-state index in [2.05, 4.69) is 34.9 Å². The zero-order chi connectivity index (χ0) is 13.6. The van der Waals surface area contributed by atoms with Gasteiger partial charge in [0, 0.05) is 12.6 Å². The number of fused-ring (bicyclic) bond motifs is 1. The van der Waals surface area contributed by atoms with Crippen LogP contribution < -0.4 is 10.6 Å². The van der Waals surface area contributed by atoms with Crippen molar-refractivity contribution in [3.63, 3.8) is 0 Å². The van der Waals surface area contributed by atoms with E-state index in [0.717, 1.165) is 19.0 Å². The lowest BCUT2D eigenvalue weighted by atomic mass is 9.87. The van der Waals surface area contributed by atoms with Gasteiger partial charge >= 0.3 is 0 Å². The molecule has 1 aromatic carbocycles. The first-order valence-electron chi connectivity index (χ1n) is 8.45. The molecule has 0 aromatic heterocycles. The summed E-state index contributed by atoms with van der Waals surface area (Å²) in [5.74, 6) is 0.982. The van der Waals surface area contributed by atoms with Crippen molar-refractivity contribution in [3.8, 4) is 0 Å². The Hall–Kier alpha value is -0.860. The summed E-state index contributed by atoms with van der Waals surface area (Å²) >= 11 is 0. The van der Waals surface area contributed by atoms with Crippen molar-refractivity contribution in [2.24, 2.45) is 5.92 Å². The van der Waals surface area contributed by atoms with E-state index in [9.17, 15) is 0 Å². The molecule has 1 aromatic rings. The minimum Gasteiger partial charge on any atom is -0.313 e. The maximum Gasteiger partial charge on any atom is 0.0335 e. The van der Waals surface area contributed by atoms with E-state index in [0.29, 0.717) is 6.04 Å². The Balaban J connectivity index is 1.54. The molecule has 1 saturated carbocycles. The van der Waals surface area contributed by atoms with Crippen molar-refractivity contribution in [2.75, 3.05) is 13.1 Å².